The molecule has 7 N–H and O–H groups in total. The normalized spacial score (nSPS) is 26.5. The van der Waals surface area contributed by atoms with Crippen LogP contribution in [-0.4, -0.2) is 142 Å². The molecular weight excluding hydrogens is 829 g/mol. The summed E-state index contributed by atoms with van der Waals surface area (Å²) in [6.45, 7) is 2.62. The molecular formula is C49H92O15. The van der Waals surface area contributed by atoms with Crippen LogP contribution in [0, 0.1) is 0 Å². The number of hydrogen-bond acceptors (Lipinski definition) is 15. The lowest BCUT2D eigenvalue weighted by Gasteiger charge is -2.42. The SMILES string of the molecule is CCCCCCCCCCCCCCCCCC(=O)OC(COC(=O)CCCCCCCCCCCCCCC)CO[C@H]1O[C@H](CO[C@@H]2O[C@H](CO)[C@@H](O)[C@H](O)[C@H]2O)[C@H](O)[C@H](O)[C@H]1O. The summed E-state index contributed by atoms with van der Waals surface area (Å²) in [4.78, 5) is 25.7. The molecule has 0 saturated carbocycles. The number of carbonyl (C=O) groups excluding carboxylic acids is 2. The number of aliphatic hydroxyl groups is 7. The smallest absolute Gasteiger partial charge is 0.306 e. The molecule has 0 spiro atoms. The predicted molar refractivity (Wildman–Crippen MR) is 243 cm³/mol. The van der Waals surface area contributed by atoms with Gasteiger partial charge in [-0.2, -0.15) is 0 Å². The highest BCUT2D eigenvalue weighted by Crippen LogP contribution is 2.26. The van der Waals surface area contributed by atoms with Gasteiger partial charge < -0.3 is 64.2 Å². The number of hydrogen-bond donors (Lipinski definition) is 7. The molecule has 2 rings (SSSR count). The molecule has 0 aromatic heterocycles. The second-order valence-electron chi connectivity index (χ2n) is 18.4. The molecule has 2 aliphatic heterocycles. The number of esters is 2. The monoisotopic (exact) mass is 921 g/mol. The van der Waals surface area contributed by atoms with Crippen LogP contribution < -0.4 is 0 Å². The second kappa shape index (κ2) is 37.5. The highest BCUT2D eigenvalue weighted by atomic mass is 16.7. The van der Waals surface area contributed by atoms with Crippen LogP contribution in [-0.2, 0) is 38.0 Å². The Kier molecular flexibility index (Phi) is 34.3. The average molecular weight is 921 g/mol. The van der Waals surface area contributed by atoms with Gasteiger partial charge in [-0.3, -0.25) is 9.59 Å². The van der Waals surface area contributed by atoms with Gasteiger partial charge in [-0.05, 0) is 12.8 Å². The Labute approximate surface area is 385 Å². The lowest BCUT2D eigenvalue weighted by atomic mass is 9.98. The van der Waals surface area contributed by atoms with Gasteiger partial charge in [0.1, 0.15) is 55.4 Å². The Morgan fingerprint density at radius 3 is 1.22 bits per heavy atom. The zero-order valence-electron chi connectivity index (χ0n) is 39.8. The molecule has 0 radical (unpaired) electrons. The standard InChI is InChI=1S/C49H92O15/c1-3-5-7-9-11-13-15-17-18-20-22-24-26-28-30-32-41(52)62-37(34-59-40(51)31-29-27-25-23-21-19-16-14-12-10-8-6-4-2)35-60-48-47(58)45(56)43(54)39(64-48)36-61-49-46(57)44(55)42(53)38(33-50)63-49/h37-39,42-50,53-58H,3-36H2,1-2H3/t37?,38-,39-,42-,43+,44+,45+,46-,47-,48+,49-/m1/s1. The van der Waals surface area contributed by atoms with Crippen LogP contribution in [0.25, 0.3) is 0 Å². The van der Waals surface area contributed by atoms with Crippen molar-refractivity contribution < 1.29 is 73.8 Å². The molecule has 15 heteroatoms. The first-order chi connectivity index (χ1) is 31.0. The number of unbranched alkanes of at least 4 members (excludes halogenated alkanes) is 26. The predicted octanol–water partition coefficient (Wildman–Crippen LogP) is 6.82. The van der Waals surface area contributed by atoms with Crippen molar-refractivity contribution >= 4 is 11.9 Å². The largest absolute Gasteiger partial charge is 0.462 e. The minimum Gasteiger partial charge on any atom is -0.462 e. The highest BCUT2D eigenvalue weighted by molar-refractivity contribution is 5.70. The molecule has 15 nitrogen and oxygen atoms in total. The van der Waals surface area contributed by atoms with Crippen LogP contribution >= 0.6 is 0 Å². The molecule has 2 fully saturated rings. The molecule has 2 heterocycles. The lowest BCUT2D eigenvalue weighted by Crippen LogP contribution is -2.61. The van der Waals surface area contributed by atoms with Gasteiger partial charge in [0.15, 0.2) is 18.7 Å². The zero-order chi connectivity index (χ0) is 46.8. The Bertz CT molecular complexity index is 1130. The Morgan fingerprint density at radius 2 is 0.797 bits per heavy atom. The molecule has 1 unspecified atom stereocenters. The molecule has 64 heavy (non-hydrogen) atoms. The van der Waals surface area contributed by atoms with Gasteiger partial charge in [-0.15, -0.1) is 0 Å². The minimum atomic E-state index is -1.76. The van der Waals surface area contributed by atoms with Gasteiger partial charge in [0.25, 0.3) is 0 Å². The number of aliphatic hydroxyl groups excluding tert-OH is 7. The van der Waals surface area contributed by atoms with Crippen LogP contribution in [0.4, 0.5) is 0 Å². The fourth-order valence-electron chi connectivity index (χ4n) is 8.34. The van der Waals surface area contributed by atoms with E-state index in [2.05, 4.69) is 13.8 Å². The van der Waals surface area contributed by atoms with Crippen LogP contribution in [0.2, 0.25) is 0 Å². The van der Waals surface area contributed by atoms with E-state index in [1.54, 1.807) is 0 Å². The first-order valence-corrected chi connectivity index (χ1v) is 25.6. The van der Waals surface area contributed by atoms with Crippen molar-refractivity contribution in [2.75, 3.05) is 26.4 Å². The van der Waals surface area contributed by atoms with Crippen molar-refractivity contribution in [3.8, 4) is 0 Å². The lowest BCUT2D eigenvalue weighted by molar-refractivity contribution is -0.332. The van der Waals surface area contributed by atoms with E-state index in [1.807, 2.05) is 0 Å². The fourth-order valence-corrected chi connectivity index (χ4v) is 8.34. The van der Waals surface area contributed by atoms with Crippen molar-refractivity contribution in [1.29, 1.82) is 0 Å². The quantitative estimate of drug-likeness (QED) is 0.0247. The summed E-state index contributed by atoms with van der Waals surface area (Å²) in [5.74, 6) is -0.911. The van der Waals surface area contributed by atoms with E-state index >= 15 is 0 Å². The summed E-state index contributed by atoms with van der Waals surface area (Å²) in [7, 11) is 0. The minimum absolute atomic E-state index is 0.173. The maximum Gasteiger partial charge on any atom is 0.306 e. The molecule has 0 amide bonds. The number of carbonyl (C=O) groups is 2. The fraction of sp³-hybridized carbons (Fsp3) is 0.959. The molecule has 2 aliphatic rings. The van der Waals surface area contributed by atoms with Crippen LogP contribution in [0.1, 0.15) is 206 Å². The topological polar surface area (TPSA) is 231 Å². The van der Waals surface area contributed by atoms with Crippen molar-refractivity contribution in [3.05, 3.63) is 0 Å². The summed E-state index contributed by atoms with van der Waals surface area (Å²) in [6.07, 6.45) is 17.0. The molecule has 0 aromatic carbocycles. The van der Waals surface area contributed by atoms with Gasteiger partial charge >= 0.3 is 11.9 Å². The van der Waals surface area contributed by atoms with Crippen LogP contribution in [0.5, 0.6) is 0 Å². The molecule has 0 aromatic rings. The second-order valence-corrected chi connectivity index (χ2v) is 18.4. The van der Waals surface area contributed by atoms with Gasteiger partial charge in [0.05, 0.1) is 19.8 Å². The Balaban J connectivity index is 1.81. The zero-order valence-corrected chi connectivity index (χ0v) is 39.8. The van der Waals surface area contributed by atoms with Gasteiger partial charge in [0.2, 0.25) is 0 Å². The number of rotatable bonds is 40. The third-order valence-electron chi connectivity index (χ3n) is 12.6. The molecule has 2 saturated heterocycles. The maximum absolute atomic E-state index is 13.0. The molecule has 0 aliphatic carbocycles. The summed E-state index contributed by atoms with van der Waals surface area (Å²) in [5, 5.41) is 72.0. The summed E-state index contributed by atoms with van der Waals surface area (Å²) in [5.41, 5.74) is 0. The molecule has 378 valence electrons. The van der Waals surface area contributed by atoms with Crippen molar-refractivity contribution in [2.24, 2.45) is 0 Å². The van der Waals surface area contributed by atoms with Gasteiger partial charge in [-0.1, -0.05) is 181 Å². The summed E-state index contributed by atoms with van der Waals surface area (Å²) in [6, 6.07) is 0. The van der Waals surface area contributed by atoms with Gasteiger partial charge in [0, 0.05) is 12.8 Å². The Hall–Kier alpha value is -1.50. The number of ether oxygens (including phenoxy) is 6. The van der Waals surface area contributed by atoms with E-state index < -0.39 is 92.7 Å². The summed E-state index contributed by atoms with van der Waals surface area (Å²) < 4.78 is 33.6. The third-order valence-corrected chi connectivity index (χ3v) is 12.6. The van der Waals surface area contributed by atoms with E-state index in [0.717, 1.165) is 38.5 Å². The maximum atomic E-state index is 13.0. The molecule has 11 atom stereocenters. The van der Waals surface area contributed by atoms with Crippen molar-refractivity contribution in [1.82, 2.24) is 0 Å². The van der Waals surface area contributed by atoms with E-state index in [9.17, 15) is 45.3 Å². The van der Waals surface area contributed by atoms with E-state index in [0.29, 0.717) is 12.8 Å². The summed E-state index contributed by atoms with van der Waals surface area (Å²) >= 11 is 0. The van der Waals surface area contributed by atoms with E-state index in [1.165, 1.54) is 128 Å². The highest BCUT2D eigenvalue weighted by Gasteiger charge is 2.47. The van der Waals surface area contributed by atoms with E-state index in [-0.39, 0.29) is 26.1 Å². The van der Waals surface area contributed by atoms with Crippen LogP contribution in [0.3, 0.4) is 0 Å². The first-order valence-electron chi connectivity index (χ1n) is 25.6. The first kappa shape index (κ1) is 58.6. The van der Waals surface area contributed by atoms with Crippen molar-refractivity contribution in [2.45, 2.75) is 274 Å². The molecule has 0 bridgehead atoms. The van der Waals surface area contributed by atoms with E-state index in [4.69, 9.17) is 28.4 Å². The third kappa shape index (κ3) is 25.6. The van der Waals surface area contributed by atoms with Crippen LogP contribution in [0.15, 0.2) is 0 Å². The Morgan fingerprint density at radius 1 is 0.438 bits per heavy atom. The van der Waals surface area contributed by atoms with Crippen molar-refractivity contribution in [3.63, 3.8) is 0 Å². The van der Waals surface area contributed by atoms with Gasteiger partial charge in [-0.25, -0.2) is 0 Å². The average Bonchev–Trinajstić information content (AvgIpc) is 3.29.